The van der Waals surface area contributed by atoms with Crippen molar-refractivity contribution in [3.05, 3.63) is 24.1 Å². The largest absolute Gasteiger partial charge is 0.463 e. The number of fused-ring (bicyclic) bond motifs is 1. The summed E-state index contributed by atoms with van der Waals surface area (Å²) in [6, 6.07) is 3.31. The second-order valence-electron chi connectivity index (χ2n) is 5.80. The van der Waals surface area contributed by atoms with Crippen LogP contribution in [0.2, 0.25) is 0 Å². The van der Waals surface area contributed by atoms with Gasteiger partial charge in [-0.1, -0.05) is 0 Å². The SMILES string of the molecule is O=C(CCCN1CCOCC1)OCCOC(=O)c1cc2occc2[nH]1.[HH]. The Hall–Kier alpha value is -2.32. The first-order chi connectivity index (χ1) is 12.2. The zero-order chi connectivity index (χ0) is 17.5. The van der Waals surface area contributed by atoms with E-state index in [0.717, 1.165) is 44.8 Å². The van der Waals surface area contributed by atoms with Gasteiger partial charge in [0.05, 0.1) is 25.0 Å². The van der Waals surface area contributed by atoms with Gasteiger partial charge in [0.25, 0.3) is 0 Å². The molecule has 8 nitrogen and oxygen atoms in total. The molecule has 0 saturated carbocycles. The molecule has 0 spiro atoms. The summed E-state index contributed by atoms with van der Waals surface area (Å²) in [6.07, 6.45) is 2.65. The molecule has 0 radical (unpaired) electrons. The lowest BCUT2D eigenvalue weighted by Crippen LogP contribution is -2.37. The van der Waals surface area contributed by atoms with Gasteiger partial charge in [0, 0.05) is 33.1 Å². The fourth-order valence-corrected chi connectivity index (χ4v) is 2.67. The number of furan rings is 1. The number of hydrogen-bond donors (Lipinski definition) is 1. The van der Waals surface area contributed by atoms with E-state index < -0.39 is 5.97 Å². The molecule has 0 unspecified atom stereocenters. The highest BCUT2D eigenvalue weighted by atomic mass is 16.6. The summed E-state index contributed by atoms with van der Waals surface area (Å²) < 4.78 is 20.6. The van der Waals surface area contributed by atoms with Gasteiger partial charge in [-0.25, -0.2) is 4.79 Å². The monoisotopic (exact) mass is 352 g/mol. The molecule has 0 amide bonds. The van der Waals surface area contributed by atoms with Crippen molar-refractivity contribution in [3.8, 4) is 0 Å². The fraction of sp³-hybridized carbons (Fsp3) is 0.529. The first-order valence-electron chi connectivity index (χ1n) is 8.41. The van der Waals surface area contributed by atoms with E-state index >= 15 is 0 Å². The van der Waals surface area contributed by atoms with Crippen LogP contribution in [-0.4, -0.2) is 67.9 Å². The highest BCUT2D eigenvalue weighted by Crippen LogP contribution is 2.16. The van der Waals surface area contributed by atoms with Crippen molar-refractivity contribution in [2.45, 2.75) is 12.8 Å². The lowest BCUT2D eigenvalue weighted by atomic mass is 10.3. The van der Waals surface area contributed by atoms with Crippen molar-refractivity contribution >= 4 is 23.0 Å². The van der Waals surface area contributed by atoms with Gasteiger partial charge >= 0.3 is 11.9 Å². The Balaban J connectivity index is 0.00000243. The first-order valence-corrected chi connectivity index (χ1v) is 8.41. The van der Waals surface area contributed by atoms with Gasteiger partial charge in [0.15, 0.2) is 5.58 Å². The summed E-state index contributed by atoms with van der Waals surface area (Å²) in [4.78, 5) is 28.7. The second kappa shape index (κ2) is 8.68. The highest BCUT2D eigenvalue weighted by molar-refractivity contribution is 5.93. The smallest absolute Gasteiger partial charge is 0.355 e. The Morgan fingerprint density at radius 2 is 2.04 bits per heavy atom. The van der Waals surface area contributed by atoms with Crippen molar-refractivity contribution in [1.82, 2.24) is 9.88 Å². The second-order valence-corrected chi connectivity index (χ2v) is 5.80. The first kappa shape index (κ1) is 17.5. The summed E-state index contributed by atoms with van der Waals surface area (Å²) in [5, 5.41) is 0. The lowest BCUT2D eigenvalue weighted by molar-refractivity contribution is -0.144. The summed E-state index contributed by atoms with van der Waals surface area (Å²) in [7, 11) is 0. The number of carbonyl (C=O) groups excluding carboxylic acids is 2. The van der Waals surface area contributed by atoms with Crippen LogP contribution < -0.4 is 0 Å². The van der Waals surface area contributed by atoms with Crippen LogP contribution in [0.1, 0.15) is 24.8 Å². The van der Waals surface area contributed by atoms with E-state index in [-0.39, 0.29) is 20.6 Å². The maximum absolute atomic E-state index is 11.9. The molecular formula is C17H24N2O6. The standard InChI is InChI=1S/C17H22N2O6.H2/c20-16(2-1-4-19-5-8-22-9-6-19)24-10-11-25-17(21)14-12-15-13(18-14)3-7-23-15;/h3,7,12,18H,1-2,4-6,8-11H2;1H. The quantitative estimate of drug-likeness (QED) is 0.572. The average molecular weight is 352 g/mol. The van der Waals surface area contributed by atoms with Gasteiger partial charge < -0.3 is 23.6 Å². The van der Waals surface area contributed by atoms with E-state index in [1.54, 1.807) is 12.1 Å². The van der Waals surface area contributed by atoms with Crippen LogP contribution in [-0.2, 0) is 19.0 Å². The van der Waals surface area contributed by atoms with Crippen molar-refractivity contribution in [2.24, 2.45) is 0 Å². The third kappa shape index (κ3) is 5.07. The molecule has 0 bridgehead atoms. The van der Waals surface area contributed by atoms with Crippen molar-refractivity contribution in [2.75, 3.05) is 46.1 Å². The number of nitrogens with zero attached hydrogens (tertiary/aromatic N) is 1. The van der Waals surface area contributed by atoms with Crippen LogP contribution in [0.4, 0.5) is 0 Å². The van der Waals surface area contributed by atoms with Gasteiger partial charge in [-0.15, -0.1) is 0 Å². The van der Waals surface area contributed by atoms with Crippen molar-refractivity contribution in [1.29, 1.82) is 0 Å². The van der Waals surface area contributed by atoms with Crippen molar-refractivity contribution < 1.29 is 29.6 Å². The summed E-state index contributed by atoms with van der Waals surface area (Å²) in [5.41, 5.74) is 1.64. The molecule has 3 rings (SSSR count). The normalized spacial score (nSPS) is 15.4. The molecule has 1 aliphatic rings. The molecule has 0 aliphatic carbocycles. The fourth-order valence-electron chi connectivity index (χ4n) is 2.67. The molecule has 0 aromatic carbocycles. The predicted octanol–water partition coefficient (Wildman–Crippen LogP) is 1.82. The molecule has 25 heavy (non-hydrogen) atoms. The Kier molecular flexibility index (Phi) is 6.08. The summed E-state index contributed by atoms with van der Waals surface area (Å²) in [5.74, 6) is -0.781. The van der Waals surface area contributed by atoms with Crippen LogP contribution in [0, 0.1) is 0 Å². The topological polar surface area (TPSA) is 94.0 Å². The summed E-state index contributed by atoms with van der Waals surface area (Å²) in [6.45, 7) is 4.26. The van der Waals surface area contributed by atoms with E-state index in [4.69, 9.17) is 18.6 Å². The Labute approximate surface area is 146 Å². The van der Waals surface area contributed by atoms with Crippen LogP contribution in [0.3, 0.4) is 0 Å². The number of aromatic amines is 1. The number of H-pyrrole nitrogens is 1. The molecule has 138 valence electrons. The molecule has 2 aromatic heterocycles. The minimum Gasteiger partial charge on any atom is -0.463 e. The number of aromatic nitrogens is 1. The number of nitrogens with one attached hydrogen (secondary N) is 1. The number of hydrogen-bond acceptors (Lipinski definition) is 7. The molecule has 1 saturated heterocycles. The van der Waals surface area contributed by atoms with Crippen LogP contribution in [0.25, 0.3) is 11.1 Å². The van der Waals surface area contributed by atoms with E-state index in [2.05, 4.69) is 9.88 Å². The lowest BCUT2D eigenvalue weighted by Gasteiger charge is -2.26. The third-order valence-corrected chi connectivity index (χ3v) is 4.00. The number of esters is 2. The van der Waals surface area contributed by atoms with Gasteiger partial charge in [0.1, 0.15) is 18.9 Å². The number of morpholine rings is 1. The number of rotatable bonds is 8. The molecular weight excluding hydrogens is 328 g/mol. The van der Waals surface area contributed by atoms with E-state index in [1.807, 2.05) is 0 Å². The van der Waals surface area contributed by atoms with E-state index in [0.29, 0.717) is 17.7 Å². The molecule has 0 atom stereocenters. The minimum absolute atomic E-state index is 0. The van der Waals surface area contributed by atoms with Crippen molar-refractivity contribution in [3.63, 3.8) is 0 Å². The van der Waals surface area contributed by atoms with E-state index in [9.17, 15) is 9.59 Å². The average Bonchev–Trinajstić information content (AvgIpc) is 3.21. The van der Waals surface area contributed by atoms with Gasteiger partial charge in [-0.05, 0) is 13.0 Å². The molecule has 2 aromatic rings. The van der Waals surface area contributed by atoms with Crippen LogP contribution in [0.5, 0.6) is 0 Å². The van der Waals surface area contributed by atoms with Crippen LogP contribution >= 0.6 is 0 Å². The highest BCUT2D eigenvalue weighted by Gasteiger charge is 2.13. The molecule has 1 fully saturated rings. The van der Waals surface area contributed by atoms with Gasteiger partial charge in [0.2, 0.25) is 0 Å². The maximum Gasteiger partial charge on any atom is 0.355 e. The van der Waals surface area contributed by atoms with Crippen LogP contribution in [0.15, 0.2) is 22.8 Å². The van der Waals surface area contributed by atoms with Gasteiger partial charge in [-0.3, -0.25) is 9.69 Å². The minimum atomic E-state index is -0.505. The Morgan fingerprint density at radius 3 is 2.84 bits per heavy atom. The zero-order valence-electron chi connectivity index (χ0n) is 14.0. The molecule has 8 heteroatoms. The Bertz CT molecular complexity index is 678. The summed E-state index contributed by atoms with van der Waals surface area (Å²) >= 11 is 0. The zero-order valence-corrected chi connectivity index (χ0v) is 14.0. The van der Waals surface area contributed by atoms with Gasteiger partial charge in [-0.2, -0.15) is 0 Å². The molecule has 1 N–H and O–H groups in total. The predicted molar refractivity (Wildman–Crippen MR) is 90.4 cm³/mol. The van der Waals surface area contributed by atoms with E-state index in [1.165, 1.54) is 6.26 Å². The Morgan fingerprint density at radius 1 is 1.24 bits per heavy atom. The third-order valence-electron chi connectivity index (χ3n) is 4.00. The number of carbonyl (C=O) groups is 2. The number of ether oxygens (including phenoxy) is 3. The maximum atomic E-state index is 11.9. The molecule has 3 heterocycles. The molecule has 1 aliphatic heterocycles.